The van der Waals surface area contributed by atoms with Gasteiger partial charge in [-0.25, -0.2) is 0 Å². The molecule has 108 valence electrons. The number of nitrogens with zero attached hydrogens (tertiary/aromatic N) is 2. The minimum absolute atomic E-state index is 0.369. The molecule has 3 rings (SSSR count). The molecule has 0 spiro atoms. The first-order valence-electron chi connectivity index (χ1n) is 6.57. The first-order chi connectivity index (χ1) is 10.1. The molecule has 1 aliphatic heterocycles. The van der Waals surface area contributed by atoms with Gasteiger partial charge in [0.25, 0.3) is 5.91 Å². The minimum Gasteiger partial charge on any atom is -0.455 e. The number of hydrogen-bond donors (Lipinski definition) is 2. The van der Waals surface area contributed by atoms with Crippen molar-refractivity contribution >= 4 is 11.6 Å². The number of fused-ring (bicyclic) bond motifs is 1. The summed E-state index contributed by atoms with van der Waals surface area (Å²) < 4.78 is 5.78. The van der Waals surface area contributed by atoms with E-state index >= 15 is 0 Å². The topological polar surface area (TPSA) is 88.7 Å². The molecular formula is C15H15N3O3. The van der Waals surface area contributed by atoms with Gasteiger partial charge < -0.3 is 10.5 Å². The molecule has 0 fully saturated rings. The zero-order chi connectivity index (χ0) is 15.0. The van der Waals surface area contributed by atoms with Crippen LogP contribution in [0.15, 0.2) is 36.5 Å². The summed E-state index contributed by atoms with van der Waals surface area (Å²) in [5.74, 6) is 0.772. The largest absolute Gasteiger partial charge is 0.455 e. The van der Waals surface area contributed by atoms with Gasteiger partial charge in [-0.05, 0) is 49.2 Å². The van der Waals surface area contributed by atoms with Crippen LogP contribution in [-0.2, 0) is 11.2 Å². The zero-order valence-electron chi connectivity index (χ0n) is 11.5. The molecule has 0 saturated carbocycles. The number of hydrogen-bond acceptors (Lipinski definition) is 5. The van der Waals surface area contributed by atoms with E-state index in [2.05, 4.69) is 4.98 Å². The smallest absolute Gasteiger partial charge is 0.267 e. The molecule has 2 heterocycles. The van der Waals surface area contributed by atoms with E-state index in [4.69, 9.17) is 10.5 Å². The van der Waals surface area contributed by atoms with Crippen molar-refractivity contribution in [2.75, 3.05) is 5.06 Å². The fourth-order valence-corrected chi connectivity index (χ4v) is 2.30. The average molecular weight is 285 g/mol. The summed E-state index contributed by atoms with van der Waals surface area (Å²) in [6.07, 6.45) is 2.07. The van der Waals surface area contributed by atoms with Crippen molar-refractivity contribution in [1.82, 2.24) is 4.98 Å². The molecule has 1 aromatic carbocycles. The van der Waals surface area contributed by atoms with Crippen LogP contribution in [0.3, 0.4) is 0 Å². The average Bonchev–Trinajstić information content (AvgIpc) is 2.47. The minimum atomic E-state index is -0.738. The second-order valence-electron chi connectivity index (χ2n) is 4.94. The van der Waals surface area contributed by atoms with Crippen LogP contribution < -0.4 is 15.5 Å². The summed E-state index contributed by atoms with van der Waals surface area (Å²) in [6.45, 7) is 1.86. The number of rotatable bonds is 2. The normalized spacial score (nSPS) is 17.6. The van der Waals surface area contributed by atoms with E-state index < -0.39 is 11.9 Å². The molecule has 1 unspecified atom stereocenters. The Kier molecular flexibility index (Phi) is 3.32. The van der Waals surface area contributed by atoms with Crippen molar-refractivity contribution in [3.05, 3.63) is 47.8 Å². The molecular weight excluding hydrogens is 270 g/mol. The maximum absolute atomic E-state index is 11.6. The Morgan fingerprint density at radius 2 is 2.24 bits per heavy atom. The van der Waals surface area contributed by atoms with Gasteiger partial charge in [0, 0.05) is 6.20 Å². The quantitative estimate of drug-likeness (QED) is 0.821. The molecule has 0 saturated heterocycles. The van der Waals surface area contributed by atoms with E-state index in [-0.39, 0.29) is 0 Å². The molecule has 1 amide bonds. The molecule has 2 aromatic rings. The molecule has 1 aromatic heterocycles. The number of amides is 1. The van der Waals surface area contributed by atoms with Crippen LogP contribution in [0.25, 0.3) is 0 Å². The fourth-order valence-electron chi connectivity index (χ4n) is 2.30. The number of nitrogens with two attached hydrogens (primary N) is 1. The molecule has 0 radical (unpaired) electrons. The Hall–Kier alpha value is -2.44. The van der Waals surface area contributed by atoms with Gasteiger partial charge in [0.15, 0.2) is 0 Å². The second-order valence-corrected chi connectivity index (χ2v) is 4.94. The second kappa shape index (κ2) is 5.16. The highest BCUT2D eigenvalue weighted by Crippen LogP contribution is 2.32. The van der Waals surface area contributed by atoms with E-state index in [0.717, 1.165) is 11.3 Å². The Balaban J connectivity index is 1.92. The van der Waals surface area contributed by atoms with Crippen LogP contribution in [0.1, 0.15) is 11.3 Å². The maximum atomic E-state index is 11.6. The summed E-state index contributed by atoms with van der Waals surface area (Å²) in [5.41, 5.74) is 7.70. The van der Waals surface area contributed by atoms with Crippen molar-refractivity contribution in [2.24, 2.45) is 5.73 Å². The first-order valence-corrected chi connectivity index (χ1v) is 6.57. The highest BCUT2D eigenvalue weighted by molar-refractivity contribution is 5.98. The molecule has 3 N–H and O–H groups in total. The van der Waals surface area contributed by atoms with Crippen LogP contribution in [-0.4, -0.2) is 22.1 Å². The molecule has 6 heteroatoms. The van der Waals surface area contributed by atoms with Crippen LogP contribution in [0.5, 0.6) is 11.5 Å². The number of carbonyl (C=O) groups excluding carboxylic acids is 1. The summed E-state index contributed by atoms with van der Waals surface area (Å²) in [6, 6.07) is 7.99. The fraction of sp³-hybridized carbons (Fsp3) is 0.200. The van der Waals surface area contributed by atoms with Gasteiger partial charge in [-0.2, -0.15) is 5.06 Å². The van der Waals surface area contributed by atoms with Gasteiger partial charge in [-0.15, -0.1) is 0 Å². The van der Waals surface area contributed by atoms with E-state index in [1.165, 1.54) is 0 Å². The lowest BCUT2D eigenvalue weighted by molar-refractivity contribution is -0.125. The van der Waals surface area contributed by atoms with Crippen molar-refractivity contribution in [3.63, 3.8) is 0 Å². The third kappa shape index (κ3) is 2.46. The van der Waals surface area contributed by atoms with Gasteiger partial charge in [0.1, 0.15) is 11.5 Å². The van der Waals surface area contributed by atoms with Crippen molar-refractivity contribution in [2.45, 2.75) is 19.4 Å². The summed E-state index contributed by atoms with van der Waals surface area (Å²) >= 11 is 0. The zero-order valence-corrected chi connectivity index (χ0v) is 11.5. The van der Waals surface area contributed by atoms with E-state index in [1.54, 1.807) is 30.5 Å². The van der Waals surface area contributed by atoms with Crippen LogP contribution in [0, 0.1) is 6.92 Å². The Morgan fingerprint density at radius 3 is 3.00 bits per heavy atom. The third-order valence-corrected chi connectivity index (χ3v) is 3.43. The van der Waals surface area contributed by atoms with E-state index in [1.807, 2.05) is 13.0 Å². The van der Waals surface area contributed by atoms with Crippen LogP contribution >= 0.6 is 0 Å². The monoisotopic (exact) mass is 285 g/mol. The summed E-state index contributed by atoms with van der Waals surface area (Å²) in [5, 5.41) is 10.4. The molecule has 0 bridgehead atoms. The number of anilines is 1. The van der Waals surface area contributed by atoms with Gasteiger partial charge in [0.05, 0.1) is 17.4 Å². The van der Waals surface area contributed by atoms with Crippen LogP contribution in [0.2, 0.25) is 0 Å². The van der Waals surface area contributed by atoms with Crippen molar-refractivity contribution < 1.29 is 14.7 Å². The molecule has 21 heavy (non-hydrogen) atoms. The van der Waals surface area contributed by atoms with Gasteiger partial charge in [-0.3, -0.25) is 15.0 Å². The lowest BCUT2D eigenvalue weighted by Gasteiger charge is -2.27. The summed E-state index contributed by atoms with van der Waals surface area (Å²) in [7, 11) is 0. The number of benzene rings is 1. The third-order valence-electron chi connectivity index (χ3n) is 3.43. The number of hydroxylamine groups is 1. The van der Waals surface area contributed by atoms with E-state index in [9.17, 15) is 10.0 Å². The Morgan fingerprint density at radius 1 is 1.43 bits per heavy atom. The number of aromatic nitrogens is 1. The predicted octanol–water partition coefficient (Wildman–Crippen LogP) is 1.79. The van der Waals surface area contributed by atoms with Gasteiger partial charge in [-0.1, -0.05) is 0 Å². The van der Waals surface area contributed by atoms with Crippen molar-refractivity contribution in [1.29, 1.82) is 0 Å². The highest BCUT2D eigenvalue weighted by Gasteiger charge is 2.29. The summed E-state index contributed by atoms with van der Waals surface area (Å²) in [4.78, 5) is 15.8. The molecule has 1 atom stereocenters. The van der Waals surface area contributed by atoms with Gasteiger partial charge >= 0.3 is 0 Å². The SMILES string of the molecule is Cc1ncccc1Oc1ccc2c(c1)CC(N)C(=O)N2O. The maximum Gasteiger partial charge on any atom is 0.267 e. The standard InChI is InChI=1S/C15H15N3O3/c1-9-14(3-2-6-17-9)21-11-4-5-13-10(7-11)8-12(16)15(19)18(13)20/h2-7,12,20H,8,16H2,1H3. The molecule has 6 nitrogen and oxygen atoms in total. The Labute approximate surface area is 121 Å². The van der Waals surface area contributed by atoms with E-state index in [0.29, 0.717) is 28.7 Å². The molecule has 1 aliphatic rings. The molecule has 0 aliphatic carbocycles. The number of aryl methyl sites for hydroxylation is 1. The number of ether oxygens (including phenoxy) is 1. The Bertz CT molecular complexity index is 702. The predicted molar refractivity (Wildman–Crippen MR) is 76.4 cm³/mol. The van der Waals surface area contributed by atoms with Crippen molar-refractivity contribution in [3.8, 4) is 11.5 Å². The highest BCUT2D eigenvalue weighted by atomic mass is 16.5. The number of pyridine rings is 1. The lowest BCUT2D eigenvalue weighted by Crippen LogP contribution is -2.47. The number of carbonyl (C=O) groups is 1. The van der Waals surface area contributed by atoms with Gasteiger partial charge in [0.2, 0.25) is 0 Å². The van der Waals surface area contributed by atoms with Crippen LogP contribution in [0.4, 0.5) is 5.69 Å². The lowest BCUT2D eigenvalue weighted by atomic mass is 9.99. The first kappa shape index (κ1) is 13.5.